The Balaban J connectivity index is 0.000000268. The molecule has 0 unspecified atom stereocenters. The topological polar surface area (TPSA) is 0 Å². The first kappa shape index (κ1) is 47.4. The van der Waals surface area contributed by atoms with E-state index in [2.05, 4.69) is 163 Å². The van der Waals surface area contributed by atoms with Crippen molar-refractivity contribution in [2.75, 3.05) is 0 Å². The Morgan fingerprint density at radius 1 is 0.603 bits per heavy atom. The predicted molar refractivity (Wildman–Crippen MR) is 239 cm³/mol. The monoisotopic (exact) mass is 916 g/mol. The SMILES string of the molecule is CC(C)(C)c1cc2c([c-]c1-c1ccc(Cl)cc1)Cc1cc(-c3ccc(Cl)cc3)c(C(C)(C)C)cc1-2.[C-]1=CC=CC1.[Cl-].[Cl-].[Zr+2]=[C](Cc1ccccc1)Cc1ccccc1. The van der Waals surface area contributed by atoms with Crippen LogP contribution in [-0.4, -0.2) is 3.21 Å². The first-order valence-electron chi connectivity index (χ1n) is 19.4. The zero-order valence-corrected chi connectivity index (χ0v) is 39.7. The van der Waals surface area contributed by atoms with Gasteiger partial charge in [0, 0.05) is 10.0 Å². The van der Waals surface area contributed by atoms with Gasteiger partial charge in [0.25, 0.3) is 0 Å². The number of fused-ring (bicyclic) bond motifs is 3. The summed E-state index contributed by atoms with van der Waals surface area (Å²) in [4.78, 5) is 0. The predicted octanol–water partition coefficient (Wildman–Crippen LogP) is 8.80. The number of rotatable bonds is 6. The zero-order chi connectivity index (χ0) is 39.9. The molecule has 58 heavy (non-hydrogen) atoms. The van der Waals surface area contributed by atoms with Crippen molar-refractivity contribution in [2.45, 2.75) is 78.1 Å². The van der Waals surface area contributed by atoms with Crippen molar-refractivity contribution in [1.82, 2.24) is 0 Å². The third-order valence-electron chi connectivity index (χ3n) is 10.1. The van der Waals surface area contributed by atoms with Gasteiger partial charge in [0.1, 0.15) is 0 Å². The third-order valence-corrected chi connectivity index (χ3v) is 11.4. The number of hydrogen-bond acceptors (Lipinski definition) is 0. The standard InChI is InChI=1S/C33H31Cl2.C15H14.C5H5.2ClH.Zr/c1-32(2,3)30-18-26-22(16-28(30)20-7-11-24(34)12-8-20)15-23-17-29(21-9-13-25(35)14-10-21)31(19-27(23)26)33(4,5)6;1-3-8-14(9-4-1)12-7-13-15-10-5-2-6-11-15;1-2-4-5-3-1;;;/h7-14,16,18-19H,15H2,1-6H3;1-6,8-11H,12-13H2;1-3H,4H2;2*1H;/q-1;;-1;;;+2/p-2. The summed E-state index contributed by atoms with van der Waals surface area (Å²) in [7, 11) is 0. The molecule has 0 atom stereocenters. The molecule has 0 aromatic heterocycles. The molecule has 0 bridgehead atoms. The summed E-state index contributed by atoms with van der Waals surface area (Å²) in [6.07, 6.45) is 13.1. The van der Waals surface area contributed by atoms with Crippen molar-refractivity contribution < 1.29 is 49.0 Å². The van der Waals surface area contributed by atoms with Gasteiger partial charge in [-0.25, -0.2) is 12.2 Å². The van der Waals surface area contributed by atoms with Gasteiger partial charge in [-0.05, 0) is 51.6 Å². The van der Waals surface area contributed by atoms with E-state index in [0.717, 1.165) is 41.3 Å². The molecule has 0 N–H and O–H groups in total. The minimum absolute atomic E-state index is 0. The van der Waals surface area contributed by atoms with Gasteiger partial charge in [-0.2, -0.15) is 6.08 Å². The Morgan fingerprint density at radius 2 is 1.10 bits per heavy atom. The molecule has 6 aromatic carbocycles. The Labute approximate surface area is 385 Å². The van der Waals surface area contributed by atoms with Gasteiger partial charge >= 0.3 is 112 Å². The average Bonchev–Trinajstić information content (AvgIpc) is 3.87. The van der Waals surface area contributed by atoms with Crippen LogP contribution in [0.25, 0.3) is 33.4 Å². The molecule has 6 aromatic rings. The molecule has 0 fully saturated rings. The molecule has 0 aliphatic heterocycles. The molecule has 0 saturated carbocycles. The average molecular weight is 920 g/mol. The van der Waals surface area contributed by atoms with E-state index in [4.69, 9.17) is 23.2 Å². The van der Waals surface area contributed by atoms with Crippen LogP contribution in [0.3, 0.4) is 0 Å². The summed E-state index contributed by atoms with van der Waals surface area (Å²) >= 11 is 13.9. The second kappa shape index (κ2) is 21.3. The van der Waals surface area contributed by atoms with E-state index in [1.165, 1.54) is 61.2 Å². The molecule has 2 aliphatic carbocycles. The second-order valence-electron chi connectivity index (χ2n) is 16.6. The Hall–Kier alpha value is -3.29. The van der Waals surface area contributed by atoms with Gasteiger partial charge < -0.3 is 24.8 Å². The Kier molecular flexibility index (Phi) is 17.4. The summed E-state index contributed by atoms with van der Waals surface area (Å²) in [5, 5.41) is 1.52. The van der Waals surface area contributed by atoms with Crippen LogP contribution < -0.4 is 24.8 Å². The molecule has 0 nitrogen and oxygen atoms in total. The van der Waals surface area contributed by atoms with Crippen LogP contribution in [0.5, 0.6) is 0 Å². The van der Waals surface area contributed by atoms with Crippen LogP contribution >= 0.6 is 23.2 Å². The fraction of sp³-hybridized carbons (Fsp3) is 0.226. The first-order valence-corrected chi connectivity index (χ1v) is 21.4. The van der Waals surface area contributed by atoms with Crippen molar-refractivity contribution >= 4 is 26.4 Å². The number of benzene rings is 6. The van der Waals surface area contributed by atoms with E-state index in [1.54, 1.807) is 27.4 Å². The number of halogens is 4. The van der Waals surface area contributed by atoms with Crippen molar-refractivity contribution in [2.24, 2.45) is 0 Å². The molecule has 296 valence electrons. The Bertz CT molecular complexity index is 2160. The summed E-state index contributed by atoms with van der Waals surface area (Å²) < 4.78 is 1.60. The molecule has 2 aliphatic rings. The van der Waals surface area contributed by atoms with Gasteiger partial charge in [-0.3, -0.25) is 6.08 Å². The minimum atomic E-state index is -0.0145. The molecule has 0 radical (unpaired) electrons. The van der Waals surface area contributed by atoms with Crippen LogP contribution in [0.4, 0.5) is 0 Å². The fourth-order valence-electron chi connectivity index (χ4n) is 7.21. The summed E-state index contributed by atoms with van der Waals surface area (Å²) in [5.74, 6) is 0. The van der Waals surface area contributed by atoms with Gasteiger partial charge in [-0.15, -0.1) is 35.2 Å². The van der Waals surface area contributed by atoms with Crippen LogP contribution in [0.15, 0.2) is 146 Å². The van der Waals surface area contributed by atoms with Gasteiger partial charge in [0.2, 0.25) is 0 Å². The van der Waals surface area contributed by atoms with E-state index in [-0.39, 0.29) is 35.6 Å². The van der Waals surface area contributed by atoms with Crippen LogP contribution in [0.2, 0.25) is 10.0 Å². The maximum absolute atomic E-state index is 6.20. The van der Waals surface area contributed by atoms with E-state index in [9.17, 15) is 0 Å². The quantitative estimate of drug-likeness (QED) is 0.147. The van der Waals surface area contributed by atoms with Gasteiger partial charge in [0.15, 0.2) is 0 Å². The molecular formula is C53H50Cl4Zr-2. The number of allylic oxidation sites excluding steroid dienone is 4. The summed E-state index contributed by atoms with van der Waals surface area (Å²) in [6, 6.07) is 48.8. The van der Waals surface area contributed by atoms with Crippen LogP contribution in [0.1, 0.15) is 81.3 Å². The van der Waals surface area contributed by atoms with Crippen molar-refractivity contribution in [3.05, 3.63) is 201 Å². The molecule has 5 heteroatoms. The van der Waals surface area contributed by atoms with E-state index in [1.807, 2.05) is 36.4 Å². The summed E-state index contributed by atoms with van der Waals surface area (Å²) in [6.45, 7) is 13.7. The Morgan fingerprint density at radius 3 is 1.55 bits per heavy atom. The third kappa shape index (κ3) is 12.6. The normalized spacial score (nSPS) is 12.2. The molecule has 0 spiro atoms. The summed E-state index contributed by atoms with van der Waals surface area (Å²) in [5.41, 5.74) is 15.6. The first-order chi connectivity index (χ1) is 26.8. The molecule has 0 amide bonds. The van der Waals surface area contributed by atoms with Crippen LogP contribution in [-0.2, 0) is 54.3 Å². The van der Waals surface area contributed by atoms with Gasteiger partial charge in [-0.1, -0.05) is 130 Å². The van der Waals surface area contributed by atoms with E-state index in [0.29, 0.717) is 0 Å². The van der Waals surface area contributed by atoms with E-state index < -0.39 is 0 Å². The molecule has 8 rings (SSSR count). The number of hydrogen-bond donors (Lipinski definition) is 0. The van der Waals surface area contributed by atoms with Gasteiger partial charge in [0.05, 0.1) is 0 Å². The molecule has 0 saturated heterocycles. The van der Waals surface area contributed by atoms with E-state index >= 15 is 0 Å². The zero-order valence-electron chi connectivity index (χ0n) is 34.2. The molecular weight excluding hydrogens is 870 g/mol. The van der Waals surface area contributed by atoms with Crippen molar-refractivity contribution in [3.63, 3.8) is 0 Å². The van der Waals surface area contributed by atoms with Crippen LogP contribution in [0, 0.1) is 12.1 Å². The maximum atomic E-state index is 6.20. The van der Waals surface area contributed by atoms with Crippen molar-refractivity contribution in [3.8, 4) is 33.4 Å². The molecule has 0 heterocycles. The fourth-order valence-corrected chi connectivity index (χ4v) is 8.47. The second-order valence-corrected chi connectivity index (χ2v) is 19.2. The van der Waals surface area contributed by atoms with Crippen molar-refractivity contribution in [1.29, 1.82) is 0 Å².